The fourth-order valence-corrected chi connectivity index (χ4v) is 3.98. The van der Waals surface area contributed by atoms with Crippen LogP contribution < -0.4 is 9.47 Å². The van der Waals surface area contributed by atoms with Crippen LogP contribution >= 0.6 is 0 Å². The summed E-state index contributed by atoms with van der Waals surface area (Å²) in [6.45, 7) is 1.84. The van der Waals surface area contributed by atoms with E-state index >= 15 is 0 Å². The summed E-state index contributed by atoms with van der Waals surface area (Å²) in [4.78, 5) is 11.9. The number of likely N-dealkylation sites (N-methyl/N-ethyl adjacent to an activating group) is 1. The minimum atomic E-state index is -3.97. The van der Waals surface area contributed by atoms with E-state index in [-0.39, 0.29) is 11.3 Å². The smallest absolute Gasteiger partial charge is 0.322 e. The molecular weight excluding hydrogens is 370 g/mol. The first kappa shape index (κ1) is 20.7. The third-order valence-corrected chi connectivity index (χ3v) is 6.20. The maximum atomic E-state index is 12.9. The zero-order valence-corrected chi connectivity index (χ0v) is 16.5. The number of aliphatic carboxylic acids is 1. The standard InChI is InChI=1S/C19H23NO6S/c1-13-5-8-16(9-6-13)27(23,24)20(2)17(19(21)22)12-14-11-15(25-3)7-10-18(14)26-4/h5-11,17H,12H2,1-4H3,(H,21,22). The molecular formula is C19H23NO6S. The van der Waals surface area contributed by atoms with Crippen LogP contribution in [0.5, 0.6) is 11.5 Å². The van der Waals surface area contributed by atoms with Crippen molar-refractivity contribution in [1.29, 1.82) is 0 Å². The number of ether oxygens (including phenoxy) is 2. The Morgan fingerprint density at radius 3 is 2.26 bits per heavy atom. The van der Waals surface area contributed by atoms with Gasteiger partial charge in [-0.1, -0.05) is 17.7 Å². The Morgan fingerprint density at radius 2 is 1.74 bits per heavy atom. The fraction of sp³-hybridized carbons (Fsp3) is 0.316. The highest BCUT2D eigenvalue weighted by Gasteiger charge is 2.33. The number of hydrogen-bond donors (Lipinski definition) is 1. The van der Waals surface area contributed by atoms with Gasteiger partial charge in [-0.05, 0) is 42.8 Å². The van der Waals surface area contributed by atoms with Crippen LogP contribution in [0.4, 0.5) is 0 Å². The molecule has 27 heavy (non-hydrogen) atoms. The van der Waals surface area contributed by atoms with Crippen molar-refractivity contribution in [3.05, 3.63) is 53.6 Å². The minimum absolute atomic E-state index is 0.0412. The molecule has 0 spiro atoms. The van der Waals surface area contributed by atoms with Crippen LogP contribution in [0.3, 0.4) is 0 Å². The molecule has 1 unspecified atom stereocenters. The van der Waals surface area contributed by atoms with Crippen molar-refractivity contribution >= 4 is 16.0 Å². The second-order valence-corrected chi connectivity index (χ2v) is 8.07. The van der Waals surface area contributed by atoms with Crippen LogP contribution in [0.15, 0.2) is 47.4 Å². The van der Waals surface area contributed by atoms with Crippen LogP contribution in [0.1, 0.15) is 11.1 Å². The first-order valence-corrected chi connectivity index (χ1v) is 9.63. The largest absolute Gasteiger partial charge is 0.497 e. The molecule has 0 saturated heterocycles. The lowest BCUT2D eigenvalue weighted by Crippen LogP contribution is -2.43. The molecule has 0 radical (unpaired) electrons. The maximum absolute atomic E-state index is 12.9. The Kier molecular flexibility index (Phi) is 6.45. The van der Waals surface area contributed by atoms with Crippen molar-refractivity contribution in [3.8, 4) is 11.5 Å². The number of carbonyl (C=O) groups is 1. The minimum Gasteiger partial charge on any atom is -0.497 e. The topological polar surface area (TPSA) is 93.1 Å². The van der Waals surface area contributed by atoms with E-state index in [0.29, 0.717) is 17.1 Å². The van der Waals surface area contributed by atoms with Gasteiger partial charge in [0.2, 0.25) is 10.0 Å². The Hall–Kier alpha value is -2.58. The van der Waals surface area contributed by atoms with Gasteiger partial charge >= 0.3 is 5.97 Å². The number of benzene rings is 2. The number of rotatable bonds is 8. The Morgan fingerprint density at radius 1 is 1.11 bits per heavy atom. The van der Waals surface area contributed by atoms with E-state index in [2.05, 4.69) is 0 Å². The van der Waals surface area contributed by atoms with Crippen molar-refractivity contribution in [1.82, 2.24) is 4.31 Å². The molecule has 0 aliphatic carbocycles. The van der Waals surface area contributed by atoms with Crippen molar-refractivity contribution < 1.29 is 27.8 Å². The molecule has 0 aromatic heterocycles. The molecule has 0 bridgehead atoms. The Bertz CT molecular complexity index is 908. The number of carboxylic acids is 1. The predicted octanol–water partition coefficient (Wildman–Crippen LogP) is 2.33. The summed E-state index contributed by atoms with van der Waals surface area (Å²) < 4.78 is 37.0. The SMILES string of the molecule is COc1ccc(OC)c(CC(C(=O)O)N(C)S(=O)(=O)c2ccc(C)cc2)c1. The number of hydrogen-bond acceptors (Lipinski definition) is 5. The highest BCUT2D eigenvalue weighted by molar-refractivity contribution is 7.89. The van der Waals surface area contributed by atoms with Gasteiger partial charge in [0, 0.05) is 13.5 Å². The summed E-state index contributed by atoms with van der Waals surface area (Å²) in [5.74, 6) is -0.264. The molecule has 2 rings (SSSR count). The second-order valence-electron chi connectivity index (χ2n) is 6.07. The van der Waals surface area contributed by atoms with E-state index in [4.69, 9.17) is 9.47 Å². The van der Waals surface area contributed by atoms with Crippen LogP contribution in [0.2, 0.25) is 0 Å². The van der Waals surface area contributed by atoms with E-state index in [0.717, 1.165) is 9.87 Å². The third-order valence-electron chi connectivity index (χ3n) is 4.32. The lowest BCUT2D eigenvalue weighted by molar-refractivity contribution is -0.141. The molecule has 0 aliphatic rings. The van der Waals surface area contributed by atoms with E-state index in [9.17, 15) is 18.3 Å². The molecule has 0 saturated carbocycles. The summed E-state index contributed by atoms with van der Waals surface area (Å²) in [6.07, 6.45) is -0.0721. The second kappa shape index (κ2) is 8.41. The van der Waals surface area contributed by atoms with Gasteiger partial charge in [0.15, 0.2) is 0 Å². The molecule has 0 fully saturated rings. The van der Waals surface area contributed by atoms with Gasteiger partial charge in [0.05, 0.1) is 19.1 Å². The highest BCUT2D eigenvalue weighted by atomic mass is 32.2. The monoisotopic (exact) mass is 393 g/mol. The van der Waals surface area contributed by atoms with Gasteiger partial charge in [-0.3, -0.25) is 4.79 Å². The lowest BCUT2D eigenvalue weighted by atomic mass is 10.0. The van der Waals surface area contributed by atoms with Gasteiger partial charge in [0.1, 0.15) is 17.5 Å². The molecule has 146 valence electrons. The van der Waals surface area contributed by atoms with Gasteiger partial charge in [-0.15, -0.1) is 0 Å². The number of carboxylic acid groups (broad SMARTS) is 1. The summed E-state index contributed by atoms with van der Waals surface area (Å²) in [5.41, 5.74) is 1.45. The zero-order valence-electron chi connectivity index (χ0n) is 15.7. The average molecular weight is 393 g/mol. The highest BCUT2D eigenvalue weighted by Crippen LogP contribution is 2.27. The first-order valence-electron chi connectivity index (χ1n) is 8.19. The maximum Gasteiger partial charge on any atom is 0.322 e. The van der Waals surface area contributed by atoms with E-state index in [1.165, 1.54) is 33.4 Å². The summed E-state index contributed by atoms with van der Waals surface area (Å²) in [6, 6.07) is 9.94. The third kappa shape index (κ3) is 4.58. The van der Waals surface area contributed by atoms with Crippen LogP contribution in [-0.2, 0) is 21.2 Å². The van der Waals surface area contributed by atoms with Gasteiger partial charge in [0.25, 0.3) is 0 Å². The first-order chi connectivity index (χ1) is 12.7. The average Bonchev–Trinajstić information content (AvgIpc) is 2.65. The van der Waals surface area contributed by atoms with Crippen molar-refractivity contribution in [2.24, 2.45) is 0 Å². The molecule has 2 aromatic carbocycles. The van der Waals surface area contributed by atoms with Crippen molar-refractivity contribution in [2.45, 2.75) is 24.3 Å². The molecule has 1 N–H and O–H groups in total. The molecule has 2 aromatic rings. The molecule has 0 amide bonds. The molecule has 0 aliphatic heterocycles. The van der Waals surface area contributed by atoms with E-state index in [1.807, 2.05) is 6.92 Å². The van der Waals surface area contributed by atoms with Crippen LogP contribution in [0.25, 0.3) is 0 Å². The molecule has 7 nitrogen and oxygen atoms in total. The fourth-order valence-electron chi connectivity index (χ4n) is 2.67. The van der Waals surface area contributed by atoms with Gasteiger partial charge in [-0.25, -0.2) is 8.42 Å². The lowest BCUT2D eigenvalue weighted by Gasteiger charge is -2.25. The Labute approximate surface area is 159 Å². The Balaban J connectivity index is 2.40. The zero-order chi connectivity index (χ0) is 20.2. The quantitative estimate of drug-likeness (QED) is 0.740. The molecule has 8 heteroatoms. The van der Waals surface area contributed by atoms with Gasteiger partial charge < -0.3 is 14.6 Å². The number of aryl methyl sites for hydroxylation is 1. The van der Waals surface area contributed by atoms with Crippen LogP contribution in [-0.4, -0.2) is 51.1 Å². The molecule has 0 heterocycles. The van der Waals surface area contributed by atoms with Crippen LogP contribution in [0, 0.1) is 6.92 Å². The summed E-state index contributed by atoms with van der Waals surface area (Å²) >= 11 is 0. The number of sulfonamides is 1. The molecule has 1 atom stereocenters. The number of methoxy groups -OCH3 is 2. The van der Waals surface area contributed by atoms with Gasteiger partial charge in [-0.2, -0.15) is 4.31 Å². The summed E-state index contributed by atoms with van der Waals surface area (Å²) in [5, 5.41) is 9.67. The van der Waals surface area contributed by atoms with Crippen molar-refractivity contribution in [2.75, 3.05) is 21.3 Å². The van der Waals surface area contributed by atoms with Crippen molar-refractivity contribution in [3.63, 3.8) is 0 Å². The summed E-state index contributed by atoms with van der Waals surface area (Å²) in [7, 11) is 0.250. The normalized spacial score (nSPS) is 12.6. The number of nitrogens with zero attached hydrogens (tertiary/aromatic N) is 1. The van der Waals surface area contributed by atoms with E-state index in [1.54, 1.807) is 30.3 Å². The van der Waals surface area contributed by atoms with E-state index < -0.39 is 22.0 Å². The predicted molar refractivity (Wildman–Crippen MR) is 101 cm³/mol.